The van der Waals surface area contributed by atoms with Gasteiger partial charge in [0.05, 0.1) is 12.1 Å². The summed E-state index contributed by atoms with van der Waals surface area (Å²) >= 11 is 0. The Morgan fingerprint density at radius 2 is 1.82 bits per heavy atom. The molecule has 4 nitrogen and oxygen atoms in total. The topological polar surface area (TPSA) is 50.7 Å². The summed E-state index contributed by atoms with van der Waals surface area (Å²) in [6.07, 6.45) is 2.32. The van der Waals surface area contributed by atoms with Crippen molar-refractivity contribution in [1.29, 1.82) is 0 Å². The maximum Gasteiger partial charge on any atom is 0.246 e. The fourth-order valence-electron chi connectivity index (χ4n) is 2.72. The van der Waals surface area contributed by atoms with Gasteiger partial charge in [0.1, 0.15) is 5.60 Å². The van der Waals surface area contributed by atoms with E-state index in [9.17, 15) is 4.79 Å². The normalized spacial score (nSPS) is 23.4. The average molecular weight is 294 g/mol. The Kier molecular flexibility index (Phi) is 4.02. The van der Waals surface area contributed by atoms with Crippen LogP contribution in [0.5, 0.6) is 0 Å². The van der Waals surface area contributed by atoms with Gasteiger partial charge in [-0.3, -0.25) is 4.79 Å². The van der Waals surface area contributed by atoms with Crippen molar-refractivity contribution in [1.82, 2.24) is 5.43 Å². The number of hydrazone groups is 1. The molecule has 1 saturated carbocycles. The first-order valence-electron chi connectivity index (χ1n) is 7.25. The number of nitrogens with one attached hydrogen (secondary N) is 1. The van der Waals surface area contributed by atoms with Gasteiger partial charge in [0, 0.05) is 7.11 Å². The summed E-state index contributed by atoms with van der Waals surface area (Å²) in [5.74, 6) is -0.314. The highest BCUT2D eigenvalue weighted by molar-refractivity contribution is 5.86. The van der Waals surface area contributed by atoms with Crippen LogP contribution in [0.4, 0.5) is 0 Å². The van der Waals surface area contributed by atoms with Crippen molar-refractivity contribution in [2.45, 2.75) is 12.0 Å². The fraction of sp³-hybridized carbons (Fsp3) is 0.222. The molecule has 0 aromatic heterocycles. The zero-order chi connectivity index (χ0) is 15.4. The predicted octanol–water partition coefficient (Wildman–Crippen LogP) is 2.70. The van der Waals surface area contributed by atoms with Crippen LogP contribution in [0.1, 0.15) is 17.5 Å². The Balaban J connectivity index is 1.64. The van der Waals surface area contributed by atoms with E-state index in [0.29, 0.717) is 6.42 Å². The quantitative estimate of drug-likeness (QED) is 0.681. The summed E-state index contributed by atoms with van der Waals surface area (Å²) in [6.45, 7) is 0. The Morgan fingerprint density at radius 1 is 1.18 bits per heavy atom. The molecular formula is C18H18N2O2. The van der Waals surface area contributed by atoms with Crippen LogP contribution in [0.15, 0.2) is 65.8 Å². The first-order chi connectivity index (χ1) is 10.8. The van der Waals surface area contributed by atoms with Crippen LogP contribution in [0.2, 0.25) is 0 Å². The molecule has 2 atom stereocenters. The van der Waals surface area contributed by atoms with Crippen LogP contribution < -0.4 is 5.43 Å². The Labute approximate surface area is 129 Å². The minimum absolute atomic E-state index is 0.113. The molecule has 0 bridgehead atoms. The minimum atomic E-state index is -0.506. The first-order valence-corrected chi connectivity index (χ1v) is 7.25. The van der Waals surface area contributed by atoms with Crippen molar-refractivity contribution < 1.29 is 9.53 Å². The molecule has 1 N–H and O–H groups in total. The van der Waals surface area contributed by atoms with Crippen LogP contribution in [0.25, 0.3) is 0 Å². The van der Waals surface area contributed by atoms with Crippen molar-refractivity contribution in [2.75, 3.05) is 7.11 Å². The van der Waals surface area contributed by atoms with E-state index in [1.54, 1.807) is 13.3 Å². The van der Waals surface area contributed by atoms with Crippen LogP contribution in [0, 0.1) is 5.92 Å². The molecule has 0 unspecified atom stereocenters. The molecule has 0 spiro atoms. The highest BCUT2D eigenvalue weighted by atomic mass is 16.5. The highest BCUT2D eigenvalue weighted by Crippen LogP contribution is 2.54. The molecule has 0 heterocycles. The van der Waals surface area contributed by atoms with Crippen LogP contribution >= 0.6 is 0 Å². The zero-order valence-electron chi connectivity index (χ0n) is 12.4. The predicted molar refractivity (Wildman–Crippen MR) is 85.4 cm³/mol. The molecule has 0 saturated heterocycles. The lowest BCUT2D eigenvalue weighted by Crippen LogP contribution is -2.25. The Bertz CT molecular complexity index is 670. The van der Waals surface area contributed by atoms with Gasteiger partial charge in [0.15, 0.2) is 0 Å². The van der Waals surface area contributed by atoms with Gasteiger partial charge in [0.2, 0.25) is 5.91 Å². The van der Waals surface area contributed by atoms with Crippen LogP contribution in [-0.4, -0.2) is 19.2 Å². The lowest BCUT2D eigenvalue weighted by molar-refractivity contribution is -0.124. The van der Waals surface area contributed by atoms with Crippen molar-refractivity contribution in [3.63, 3.8) is 0 Å². The number of benzene rings is 2. The second kappa shape index (κ2) is 6.12. The lowest BCUT2D eigenvalue weighted by Gasteiger charge is -2.15. The Morgan fingerprint density at radius 3 is 2.45 bits per heavy atom. The van der Waals surface area contributed by atoms with Gasteiger partial charge in [-0.15, -0.1) is 0 Å². The van der Waals surface area contributed by atoms with Crippen molar-refractivity contribution >= 4 is 12.1 Å². The summed E-state index contributed by atoms with van der Waals surface area (Å²) in [7, 11) is 1.65. The summed E-state index contributed by atoms with van der Waals surface area (Å²) in [5.41, 5.74) is 4.07. The molecule has 3 rings (SSSR count). The number of nitrogens with zero attached hydrogens (tertiary/aromatic N) is 1. The molecule has 1 amide bonds. The van der Waals surface area contributed by atoms with E-state index in [0.717, 1.165) is 11.1 Å². The summed E-state index contributed by atoms with van der Waals surface area (Å²) in [5, 5.41) is 4.02. The second-order valence-electron chi connectivity index (χ2n) is 5.36. The number of carbonyl (C=O) groups excluding carboxylic acids is 1. The van der Waals surface area contributed by atoms with Gasteiger partial charge in [-0.2, -0.15) is 5.10 Å². The van der Waals surface area contributed by atoms with E-state index in [2.05, 4.69) is 10.5 Å². The zero-order valence-corrected chi connectivity index (χ0v) is 12.4. The molecule has 1 aliphatic rings. The van der Waals surface area contributed by atoms with E-state index in [-0.39, 0.29) is 11.8 Å². The molecule has 2 aromatic rings. The van der Waals surface area contributed by atoms with Crippen LogP contribution in [-0.2, 0) is 15.1 Å². The summed E-state index contributed by atoms with van der Waals surface area (Å²) in [6, 6.07) is 19.5. The minimum Gasteiger partial charge on any atom is -0.373 e. The second-order valence-corrected chi connectivity index (χ2v) is 5.36. The molecule has 1 aliphatic carbocycles. The molecule has 22 heavy (non-hydrogen) atoms. The standard InChI is InChI=1S/C18H18N2O2/c1-22-18(15-10-6-3-7-11-15)12-16(18)17(21)20-19-13-14-8-4-2-5-9-14/h2-11,13,16H,12H2,1H3,(H,20,21)/b19-13-/t16-,18-/m1/s1. The highest BCUT2D eigenvalue weighted by Gasteiger charge is 2.60. The van der Waals surface area contributed by atoms with Gasteiger partial charge in [-0.1, -0.05) is 60.7 Å². The van der Waals surface area contributed by atoms with E-state index in [1.165, 1.54) is 0 Å². The molecule has 0 aliphatic heterocycles. The van der Waals surface area contributed by atoms with Gasteiger partial charge >= 0.3 is 0 Å². The smallest absolute Gasteiger partial charge is 0.246 e. The van der Waals surface area contributed by atoms with Gasteiger partial charge < -0.3 is 4.74 Å². The number of carbonyl (C=O) groups is 1. The largest absolute Gasteiger partial charge is 0.373 e. The maximum absolute atomic E-state index is 12.2. The first kappa shape index (κ1) is 14.5. The number of hydrogen-bond donors (Lipinski definition) is 1. The molecule has 4 heteroatoms. The van der Waals surface area contributed by atoms with Crippen molar-refractivity contribution in [3.8, 4) is 0 Å². The lowest BCUT2D eigenvalue weighted by atomic mass is 10.1. The molecule has 1 fully saturated rings. The van der Waals surface area contributed by atoms with E-state index in [4.69, 9.17) is 4.74 Å². The molecule has 112 valence electrons. The third-order valence-corrected chi connectivity index (χ3v) is 4.04. The van der Waals surface area contributed by atoms with Gasteiger partial charge in [0.25, 0.3) is 0 Å². The van der Waals surface area contributed by atoms with Crippen molar-refractivity contribution in [2.24, 2.45) is 11.0 Å². The van der Waals surface area contributed by atoms with Gasteiger partial charge in [-0.25, -0.2) is 5.43 Å². The molecular weight excluding hydrogens is 276 g/mol. The number of methoxy groups -OCH3 is 1. The third kappa shape index (κ3) is 2.78. The number of hydrogen-bond acceptors (Lipinski definition) is 3. The molecule has 0 radical (unpaired) electrons. The monoisotopic (exact) mass is 294 g/mol. The number of amides is 1. The Hall–Kier alpha value is -2.46. The van der Waals surface area contributed by atoms with E-state index in [1.807, 2.05) is 60.7 Å². The van der Waals surface area contributed by atoms with Crippen molar-refractivity contribution in [3.05, 3.63) is 71.8 Å². The SMILES string of the molecule is CO[C@@]1(c2ccccc2)C[C@@H]1C(=O)N/N=C\c1ccccc1. The average Bonchev–Trinajstić information content (AvgIpc) is 3.33. The van der Waals surface area contributed by atoms with Gasteiger partial charge in [-0.05, 0) is 17.5 Å². The third-order valence-electron chi connectivity index (χ3n) is 4.04. The van der Waals surface area contributed by atoms with E-state index < -0.39 is 5.60 Å². The number of ether oxygens (including phenoxy) is 1. The summed E-state index contributed by atoms with van der Waals surface area (Å²) in [4.78, 5) is 12.2. The maximum atomic E-state index is 12.2. The van der Waals surface area contributed by atoms with Crippen LogP contribution in [0.3, 0.4) is 0 Å². The van der Waals surface area contributed by atoms with E-state index >= 15 is 0 Å². The fourth-order valence-corrected chi connectivity index (χ4v) is 2.72. The number of rotatable bonds is 5. The summed E-state index contributed by atoms with van der Waals surface area (Å²) < 4.78 is 5.62. The molecule has 2 aromatic carbocycles.